The minimum absolute atomic E-state index is 0.164. The van der Waals surface area contributed by atoms with E-state index in [-0.39, 0.29) is 29.8 Å². The third-order valence-electron chi connectivity index (χ3n) is 7.85. The number of benzene rings is 1. The molecule has 0 aromatic heterocycles. The van der Waals surface area contributed by atoms with Gasteiger partial charge in [0.2, 0.25) is 5.91 Å². The zero-order valence-corrected chi connectivity index (χ0v) is 22.1. The number of hydrogen-bond donors (Lipinski definition) is 2. The van der Waals surface area contributed by atoms with Gasteiger partial charge < -0.3 is 24.7 Å². The molecule has 0 aliphatic carbocycles. The molecule has 3 fully saturated rings. The van der Waals surface area contributed by atoms with Crippen LogP contribution in [0.1, 0.15) is 31.4 Å². The largest absolute Gasteiger partial charge is 0.481 e. The topological polar surface area (TPSA) is 107 Å². The predicted octanol–water partition coefficient (Wildman–Crippen LogP) is 2.67. The number of para-hydroxylation sites is 1. The maximum absolute atomic E-state index is 14.5. The van der Waals surface area contributed by atoms with Crippen LogP contribution in [0.25, 0.3) is 0 Å². The van der Waals surface area contributed by atoms with E-state index in [0.29, 0.717) is 6.42 Å². The minimum Gasteiger partial charge on any atom is -0.481 e. The van der Waals surface area contributed by atoms with Crippen molar-refractivity contribution in [3.63, 3.8) is 0 Å². The molecule has 7 atom stereocenters. The predicted molar refractivity (Wildman–Crippen MR) is 134 cm³/mol. The van der Waals surface area contributed by atoms with Crippen LogP contribution in [-0.4, -0.2) is 74.7 Å². The number of carboxylic acids is 1. The van der Waals surface area contributed by atoms with Crippen molar-refractivity contribution in [2.75, 3.05) is 18.1 Å². The van der Waals surface area contributed by atoms with Crippen molar-refractivity contribution >= 4 is 39.4 Å². The second kappa shape index (κ2) is 9.33. The van der Waals surface area contributed by atoms with E-state index in [0.717, 1.165) is 16.8 Å². The quantitative estimate of drug-likeness (QED) is 0.382. The molecule has 1 spiro atoms. The number of anilines is 1. The lowest BCUT2D eigenvalue weighted by atomic mass is 9.70. The van der Waals surface area contributed by atoms with E-state index in [2.05, 4.69) is 22.5 Å². The summed E-state index contributed by atoms with van der Waals surface area (Å²) in [6.07, 6.45) is 1.25. The number of hydrogen-bond acceptors (Lipinski definition) is 5. The smallest absolute Gasteiger partial charge is 0.310 e. The Hall–Kier alpha value is -2.23. The minimum atomic E-state index is -1.30. The molecular formula is C26H33BrN2O6. The Morgan fingerprint density at radius 3 is 2.49 bits per heavy atom. The van der Waals surface area contributed by atoms with Crippen LogP contribution in [-0.2, 0) is 19.1 Å². The number of amides is 2. The molecule has 4 rings (SSSR count). The van der Waals surface area contributed by atoms with E-state index in [1.807, 2.05) is 45.9 Å². The van der Waals surface area contributed by atoms with Gasteiger partial charge >= 0.3 is 5.97 Å². The van der Waals surface area contributed by atoms with Gasteiger partial charge in [0.05, 0.1) is 30.6 Å². The van der Waals surface area contributed by atoms with Crippen molar-refractivity contribution in [2.45, 2.75) is 62.7 Å². The number of ether oxygens (including phenoxy) is 1. The van der Waals surface area contributed by atoms with Crippen molar-refractivity contribution in [3.8, 4) is 0 Å². The standard InChI is InChI=1S/C26H33BrN2O6/c1-6-10-28(20-14(4)8-7-9-15(20)5)24(32)22-26-11-16(27)21(35-26)18(25(33)34)19(26)23(31)29(22)17(12-30)13(2)3/h6-9,13,16-19,21-22,30H,1,10-12H2,2-5H3,(H,33,34)/t16?,17-,18+,19-,21+,22?,26?/m0/s1. The first-order chi connectivity index (χ1) is 16.5. The Morgan fingerprint density at radius 2 is 1.97 bits per heavy atom. The number of likely N-dealkylation sites (tertiary alicyclic amines) is 1. The summed E-state index contributed by atoms with van der Waals surface area (Å²) >= 11 is 3.56. The fourth-order valence-corrected chi connectivity index (χ4v) is 7.35. The highest BCUT2D eigenvalue weighted by atomic mass is 79.9. The summed E-state index contributed by atoms with van der Waals surface area (Å²) in [6, 6.07) is 4.02. The summed E-state index contributed by atoms with van der Waals surface area (Å²) in [5, 5.41) is 20.3. The molecule has 190 valence electrons. The molecule has 1 aromatic rings. The van der Waals surface area contributed by atoms with Gasteiger partial charge in [0.15, 0.2) is 0 Å². The first-order valence-corrected chi connectivity index (χ1v) is 12.9. The number of nitrogens with zero attached hydrogens (tertiary/aromatic N) is 2. The SMILES string of the molecule is C=CCN(C(=O)C1N([C@@H](CO)C(C)C)C(=O)[C@@H]2[C@@H](C(=O)O)[C@@H]3OC12CC3Br)c1c(C)cccc1C. The van der Waals surface area contributed by atoms with Gasteiger partial charge in [-0.3, -0.25) is 14.4 Å². The van der Waals surface area contributed by atoms with Crippen LogP contribution in [0.5, 0.6) is 0 Å². The average molecular weight is 549 g/mol. The Kier molecular flexibility index (Phi) is 6.89. The normalized spacial score (nSPS) is 32.1. The summed E-state index contributed by atoms with van der Waals surface area (Å²) < 4.78 is 6.36. The number of carboxylic acid groups (broad SMARTS) is 1. The number of aliphatic hydroxyl groups excluding tert-OH is 1. The number of halogens is 1. The van der Waals surface area contributed by atoms with Crippen LogP contribution < -0.4 is 4.90 Å². The summed E-state index contributed by atoms with van der Waals surface area (Å²) in [5.41, 5.74) is 1.22. The second-order valence-electron chi connectivity index (χ2n) is 10.2. The van der Waals surface area contributed by atoms with E-state index in [4.69, 9.17) is 4.74 Å². The van der Waals surface area contributed by atoms with E-state index < -0.39 is 47.5 Å². The van der Waals surface area contributed by atoms with Crippen molar-refractivity contribution in [2.24, 2.45) is 17.8 Å². The zero-order valence-electron chi connectivity index (χ0n) is 20.5. The number of aliphatic carboxylic acids is 1. The molecule has 2 bridgehead atoms. The third kappa shape index (κ3) is 3.74. The number of alkyl halides is 1. The first-order valence-electron chi connectivity index (χ1n) is 12.0. The highest BCUT2D eigenvalue weighted by molar-refractivity contribution is 9.09. The molecule has 2 amide bonds. The monoisotopic (exact) mass is 548 g/mol. The van der Waals surface area contributed by atoms with Crippen LogP contribution >= 0.6 is 15.9 Å². The lowest BCUT2D eigenvalue weighted by molar-refractivity contribution is -0.151. The molecular weight excluding hydrogens is 516 g/mol. The highest BCUT2D eigenvalue weighted by Crippen LogP contribution is 2.60. The third-order valence-corrected chi connectivity index (χ3v) is 8.69. The lowest BCUT2D eigenvalue weighted by Gasteiger charge is -2.41. The van der Waals surface area contributed by atoms with Crippen molar-refractivity contribution in [1.29, 1.82) is 0 Å². The molecule has 2 N–H and O–H groups in total. The molecule has 3 saturated heterocycles. The number of aryl methyl sites for hydroxylation is 2. The van der Waals surface area contributed by atoms with Gasteiger partial charge in [-0.15, -0.1) is 6.58 Å². The number of aliphatic hydroxyl groups is 1. The van der Waals surface area contributed by atoms with Gasteiger partial charge in [-0.25, -0.2) is 0 Å². The molecule has 3 heterocycles. The second-order valence-corrected chi connectivity index (χ2v) is 11.4. The zero-order chi connectivity index (χ0) is 25.8. The molecule has 0 saturated carbocycles. The molecule has 3 aliphatic heterocycles. The Morgan fingerprint density at radius 1 is 1.34 bits per heavy atom. The molecule has 8 nitrogen and oxygen atoms in total. The Balaban J connectivity index is 1.90. The van der Waals surface area contributed by atoms with Gasteiger partial charge in [0.25, 0.3) is 5.91 Å². The van der Waals surface area contributed by atoms with Crippen LogP contribution in [0.4, 0.5) is 5.69 Å². The molecule has 9 heteroatoms. The maximum Gasteiger partial charge on any atom is 0.310 e. The molecule has 0 radical (unpaired) electrons. The summed E-state index contributed by atoms with van der Waals surface area (Å²) in [5.74, 6) is -4.14. The van der Waals surface area contributed by atoms with Gasteiger partial charge in [0, 0.05) is 17.1 Å². The van der Waals surface area contributed by atoms with Crippen LogP contribution in [0.15, 0.2) is 30.9 Å². The van der Waals surface area contributed by atoms with E-state index in [1.165, 1.54) is 4.90 Å². The first kappa shape index (κ1) is 25.9. The summed E-state index contributed by atoms with van der Waals surface area (Å²) in [7, 11) is 0. The van der Waals surface area contributed by atoms with Crippen LogP contribution in [0.3, 0.4) is 0 Å². The van der Waals surface area contributed by atoms with Crippen molar-refractivity contribution < 1.29 is 29.3 Å². The van der Waals surface area contributed by atoms with Crippen LogP contribution in [0.2, 0.25) is 0 Å². The van der Waals surface area contributed by atoms with Crippen molar-refractivity contribution in [1.82, 2.24) is 4.90 Å². The number of fused-ring (bicyclic) bond motifs is 1. The van der Waals surface area contributed by atoms with Gasteiger partial charge in [-0.05, 0) is 37.3 Å². The summed E-state index contributed by atoms with van der Waals surface area (Å²) in [4.78, 5) is 43.5. The fraction of sp³-hybridized carbons (Fsp3) is 0.577. The number of carbonyl (C=O) groups excluding carboxylic acids is 2. The Bertz CT molecular complexity index is 1040. The van der Waals surface area contributed by atoms with Gasteiger partial charge in [0.1, 0.15) is 11.6 Å². The Labute approximate surface area is 214 Å². The van der Waals surface area contributed by atoms with Crippen LogP contribution in [0, 0.1) is 31.6 Å². The maximum atomic E-state index is 14.5. The molecule has 35 heavy (non-hydrogen) atoms. The summed E-state index contributed by atoms with van der Waals surface area (Å²) in [6.45, 7) is 11.3. The molecule has 1 aromatic carbocycles. The average Bonchev–Trinajstić information content (AvgIpc) is 3.37. The highest BCUT2D eigenvalue weighted by Gasteiger charge is 2.77. The lowest BCUT2D eigenvalue weighted by Crippen LogP contribution is -2.60. The van der Waals surface area contributed by atoms with E-state index in [1.54, 1.807) is 11.0 Å². The number of carbonyl (C=O) groups is 3. The molecule has 3 unspecified atom stereocenters. The molecule has 3 aliphatic rings. The number of rotatable bonds is 8. The van der Waals surface area contributed by atoms with E-state index in [9.17, 15) is 24.6 Å². The van der Waals surface area contributed by atoms with Gasteiger partial charge in [-0.1, -0.05) is 54.1 Å². The van der Waals surface area contributed by atoms with Crippen molar-refractivity contribution in [3.05, 3.63) is 42.0 Å². The fourth-order valence-electron chi connectivity index (χ4n) is 6.41. The van der Waals surface area contributed by atoms with E-state index >= 15 is 0 Å². The van der Waals surface area contributed by atoms with Gasteiger partial charge in [-0.2, -0.15) is 0 Å².